The van der Waals surface area contributed by atoms with E-state index in [1.165, 1.54) is 0 Å². The molecule has 2 aliphatic rings. The lowest BCUT2D eigenvalue weighted by Gasteiger charge is -2.33. The number of likely N-dealkylation sites (tertiary alicyclic amines) is 1. The van der Waals surface area contributed by atoms with Crippen LogP contribution < -0.4 is 0 Å². The highest BCUT2D eigenvalue weighted by atomic mass is 16.5. The van der Waals surface area contributed by atoms with Crippen molar-refractivity contribution in [3.8, 4) is 0 Å². The van der Waals surface area contributed by atoms with Crippen molar-refractivity contribution >= 4 is 11.9 Å². The van der Waals surface area contributed by atoms with Crippen molar-refractivity contribution in [1.29, 1.82) is 0 Å². The van der Waals surface area contributed by atoms with Crippen LogP contribution in [0.1, 0.15) is 25.7 Å². The highest BCUT2D eigenvalue weighted by Crippen LogP contribution is 2.47. The number of methoxy groups -OCH3 is 1. The van der Waals surface area contributed by atoms with E-state index in [0.29, 0.717) is 25.9 Å². The first-order valence-electron chi connectivity index (χ1n) is 5.66. The number of hydrogen-bond acceptors (Lipinski definition) is 3. The molecule has 1 unspecified atom stereocenters. The van der Waals surface area contributed by atoms with E-state index < -0.39 is 11.4 Å². The second-order valence-electron chi connectivity index (χ2n) is 4.64. The Morgan fingerprint density at radius 1 is 1.44 bits per heavy atom. The third-order valence-electron chi connectivity index (χ3n) is 3.57. The smallest absolute Gasteiger partial charge is 0.319 e. The van der Waals surface area contributed by atoms with Crippen molar-refractivity contribution in [2.24, 2.45) is 5.41 Å². The summed E-state index contributed by atoms with van der Waals surface area (Å²) in [7, 11) is 1.63. The van der Waals surface area contributed by atoms with Crippen molar-refractivity contribution in [3.05, 3.63) is 0 Å². The van der Waals surface area contributed by atoms with Crippen LogP contribution in [0.3, 0.4) is 0 Å². The molecular weight excluding hydrogens is 210 g/mol. The highest BCUT2D eigenvalue weighted by Gasteiger charge is 2.58. The number of aliphatic carboxylic acids is 1. The van der Waals surface area contributed by atoms with Crippen LogP contribution in [0.2, 0.25) is 0 Å². The van der Waals surface area contributed by atoms with Gasteiger partial charge in [0.25, 0.3) is 0 Å². The van der Waals surface area contributed by atoms with Gasteiger partial charge >= 0.3 is 5.97 Å². The molecule has 0 radical (unpaired) electrons. The minimum atomic E-state index is -1.10. The fourth-order valence-corrected chi connectivity index (χ4v) is 2.26. The predicted molar refractivity (Wildman–Crippen MR) is 55.9 cm³/mol. The Morgan fingerprint density at radius 3 is 2.62 bits per heavy atom. The molecule has 1 N–H and O–H groups in total. The number of piperidine rings is 1. The molecule has 16 heavy (non-hydrogen) atoms. The number of ether oxygens (including phenoxy) is 1. The number of nitrogens with zero attached hydrogens (tertiary/aromatic N) is 1. The zero-order valence-electron chi connectivity index (χ0n) is 9.44. The first-order chi connectivity index (χ1) is 7.60. The van der Waals surface area contributed by atoms with Crippen LogP contribution >= 0.6 is 0 Å². The molecular formula is C11H17NO4. The van der Waals surface area contributed by atoms with Gasteiger partial charge in [-0.25, -0.2) is 0 Å². The van der Waals surface area contributed by atoms with Gasteiger partial charge in [-0.2, -0.15) is 0 Å². The molecule has 0 bridgehead atoms. The summed E-state index contributed by atoms with van der Waals surface area (Å²) in [4.78, 5) is 24.8. The van der Waals surface area contributed by atoms with E-state index in [4.69, 9.17) is 9.84 Å². The van der Waals surface area contributed by atoms with Gasteiger partial charge in [0.2, 0.25) is 5.91 Å². The van der Waals surface area contributed by atoms with E-state index in [0.717, 1.165) is 12.8 Å². The summed E-state index contributed by atoms with van der Waals surface area (Å²) in [6.45, 7) is 1.19. The lowest BCUT2D eigenvalue weighted by Crippen LogP contribution is -2.47. The van der Waals surface area contributed by atoms with Gasteiger partial charge in [0.15, 0.2) is 0 Å². The SMILES string of the molecule is COC1CCCN(C(=O)C2(C(=O)O)CC2)C1. The van der Waals surface area contributed by atoms with Gasteiger partial charge in [-0.1, -0.05) is 0 Å². The number of hydrogen-bond donors (Lipinski definition) is 1. The molecule has 2 fully saturated rings. The van der Waals surface area contributed by atoms with Crippen molar-refractivity contribution in [2.75, 3.05) is 20.2 Å². The zero-order chi connectivity index (χ0) is 11.8. The van der Waals surface area contributed by atoms with Gasteiger partial charge in [-0.3, -0.25) is 9.59 Å². The first kappa shape index (κ1) is 11.4. The maximum absolute atomic E-state index is 12.1. The van der Waals surface area contributed by atoms with Crippen molar-refractivity contribution in [3.63, 3.8) is 0 Å². The van der Waals surface area contributed by atoms with E-state index in [2.05, 4.69) is 0 Å². The lowest BCUT2D eigenvalue weighted by molar-refractivity contribution is -0.155. The molecule has 5 heteroatoms. The molecule has 90 valence electrons. The zero-order valence-corrected chi connectivity index (χ0v) is 9.44. The average molecular weight is 227 g/mol. The van der Waals surface area contributed by atoms with Gasteiger partial charge in [0.05, 0.1) is 6.10 Å². The second-order valence-corrected chi connectivity index (χ2v) is 4.64. The lowest BCUT2D eigenvalue weighted by atomic mass is 10.0. The molecule has 1 saturated carbocycles. The first-order valence-corrected chi connectivity index (χ1v) is 5.66. The maximum atomic E-state index is 12.1. The van der Waals surface area contributed by atoms with Gasteiger partial charge < -0.3 is 14.7 Å². The third kappa shape index (κ3) is 1.80. The monoisotopic (exact) mass is 227 g/mol. The van der Waals surface area contributed by atoms with Crippen LogP contribution in [-0.2, 0) is 14.3 Å². The molecule has 0 aromatic carbocycles. The van der Waals surface area contributed by atoms with Crippen LogP contribution in [-0.4, -0.2) is 48.2 Å². The van der Waals surface area contributed by atoms with E-state index >= 15 is 0 Å². The molecule has 0 spiro atoms. The quantitative estimate of drug-likeness (QED) is 0.712. The summed E-state index contributed by atoms with van der Waals surface area (Å²) in [5.41, 5.74) is -1.10. The Balaban J connectivity index is 2.02. The van der Waals surface area contributed by atoms with Crippen LogP contribution in [0.5, 0.6) is 0 Å². The molecule has 2 rings (SSSR count). The fourth-order valence-electron chi connectivity index (χ4n) is 2.26. The van der Waals surface area contributed by atoms with Gasteiger partial charge in [-0.05, 0) is 25.7 Å². The van der Waals surface area contributed by atoms with Crippen molar-refractivity contribution < 1.29 is 19.4 Å². The Morgan fingerprint density at radius 2 is 2.12 bits per heavy atom. The van der Waals surface area contributed by atoms with Crippen molar-refractivity contribution in [1.82, 2.24) is 4.90 Å². The molecule has 1 aliphatic carbocycles. The summed E-state index contributed by atoms with van der Waals surface area (Å²) in [6.07, 6.45) is 2.85. The Labute approximate surface area is 94.4 Å². The fraction of sp³-hybridized carbons (Fsp3) is 0.818. The van der Waals surface area contributed by atoms with Gasteiger partial charge in [0.1, 0.15) is 5.41 Å². The highest BCUT2D eigenvalue weighted by molar-refractivity contribution is 6.04. The number of carboxylic acids is 1. The number of carbonyl (C=O) groups excluding carboxylic acids is 1. The molecule has 1 amide bonds. The minimum Gasteiger partial charge on any atom is -0.480 e. The molecule has 0 aromatic heterocycles. The number of rotatable bonds is 3. The number of amides is 1. The van der Waals surface area contributed by atoms with E-state index in [1.807, 2.05) is 0 Å². The minimum absolute atomic E-state index is 0.0577. The summed E-state index contributed by atoms with van der Waals surface area (Å²) >= 11 is 0. The third-order valence-corrected chi connectivity index (χ3v) is 3.57. The van der Waals surface area contributed by atoms with Crippen LogP contribution in [0, 0.1) is 5.41 Å². The predicted octanol–water partition coefficient (Wildman–Crippen LogP) is 0.489. The Hall–Kier alpha value is -1.10. The summed E-state index contributed by atoms with van der Waals surface area (Å²) in [6, 6.07) is 0. The van der Waals surface area contributed by atoms with Crippen LogP contribution in [0.25, 0.3) is 0 Å². The molecule has 1 saturated heterocycles. The average Bonchev–Trinajstić information content (AvgIpc) is 3.09. The van der Waals surface area contributed by atoms with Crippen molar-refractivity contribution in [2.45, 2.75) is 31.8 Å². The number of carboxylic acid groups (broad SMARTS) is 1. The second kappa shape index (κ2) is 4.05. The Kier molecular flexibility index (Phi) is 2.88. The van der Waals surface area contributed by atoms with Crippen LogP contribution in [0.15, 0.2) is 0 Å². The standard InChI is InChI=1S/C11H17NO4/c1-16-8-3-2-6-12(7-8)9(13)11(4-5-11)10(14)15/h8H,2-7H2,1H3,(H,14,15). The normalized spacial score (nSPS) is 27.6. The number of carbonyl (C=O) groups is 2. The molecule has 5 nitrogen and oxygen atoms in total. The Bertz CT molecular complexity index is 311. The maximum Gasteiger partial charge on any atom is 0.319 e. The molecule has 0 aromatic rings. The van der Waals surface area contributed by atoms with Gasteiger partial charge in [0, 0.05) is 20.2 Å². The molecule has 1 aliphatic heterocycles. The van der Waals surface area contributed by atoms with Crippen LogP contribution in [0.4, 0.5) is 0 Å². The topological polar surface area (TPSA) is 66.8 Å². The van der Waals surface area contributed by atoms with E-state index in [1.54, 1.807) is 12.0 Å². The summed E-state index contributed by atoms with van der Waals surface area (Å²) in [5, 5.41) is 9.05. The van der Waals surface area contributed by atoms with E-state index in [9.17, 15) is 9.59 Å². The van der Waals surface area contributed by atoms with E-state index in [-0.39, 0.29) is 12.0 Å². The largest absolute Gasteiger partial charge is 0.480 e. The summed E-state index contributed by atoms with van der Waals surface area (Å²) < 4.78 is 5.22. The molecule has 1 atom stereocenters. The summed E-state index contributed by atoms with van der Waals surface area (Å²) in [5.74, 6) is -1.20. The van der Waals surface area contributed by atoms with Gasteiger partial charge in [-0.15, -0.1) is 0 Å². The molecule has 1 heterocycles.